The maximum absolute atomic E-state index is 12.4. The van der Waals surface area contributed by atoms with Crippen LogP contribution < -0.4 is 9.47 Å². The number of likely N-dealkylation sites (tertiary alicyclic amines) is 1. The van der Waals surface area contributed by atoms with Crippen LogP contribution in [0.5, 0.6) is 11.8 Å². The van der Waals surface area contributed by atoms with E-state index in [0.717, 1.165) is 5.56 Å². The van der Waals surface area contributed by atoms with E-state index < -0.39 is 5.60 Å². The van der Waals surface area contributed by atoms with Gasteiger partial charge in [0.25, 0.3) is 5.91 Å². The summed E-state index contributed by atoms with van der Waals surface area (Å²) in [7, 11) is 0. The second-order valence-electron chi connectivity index (χ2n) is 6.56. The van der Waals surface area contributed by atoms with Gasteiger partial charge in [0.2, 0.25) is 0 Å². The molecule has 7 nitrogen and oxygen atoms in total. The Labute approximate surface area is 152 Å². The summed E-state index contributed by atoms with van der Waals surface area (Å²) < 4.78 is 11.0. The molecule has 26 heavy (non-hydrogen) atoms. The average Bonchev–Trinajstić information content (AvgIpc) is 2.66. The number of ether oxygens (including phenoxy) is 2. The number of benzene rings is 1. The largest absolute Gasteiger partial charge is 0.491 e. The van der Waals surface area contributed by atoms with Crippen LogP contribution in [0.15, 0.2) is 42.7 Å². The van der Waals surface area contributed by atoms with Gasteiger partial charge in [0, 0.05) is 18.9 Å². The molecule has 0 spiro atoms. The van der Waals surface area contributed by atoms with Gasteiger partial charge >= 0.3 is 6.01 Å². The maximum Gasteiger partial charge on any atom is 0.316 e. The van der Waals surface area contributed by atoms with E-state index in [2.05, 4.69) is 9.97 Å². The van der Waals surface area contributed by atoms with Crippen LogP contribution in [0, 0.1) is 6.92 Å². The molecule has 2 heterocycles. The first-order valence-corrected chi connectivity index (χ1v) is 8.64. The van der Waals surface area contributed by atoms with Crippen LogP contribution in [0.1, 0.15) is 18.4 Å². The van der Waals surface area contributed by atoms with Crippen molar-refractivity contribution < 1.29 is 19.4 Å². The average molecular weight is 357 g/mol. The van der Waals surface area contributed by atoms with E-state index in [9.17, 15) is 9.90 Å². The molecule has 0 saturated carbocycles. The number of piperidine rings is 1. The van der Waals surface area contributed by atoms with Crippen LogP contribution in [-0.4, -0.2) is 57.8 Å². The predicted octanol–water partition coefficient (Wildman–Crippen LogP) is 1.60. The highest BCUT2D eigenvalue weighted by Gasteiger charge is 2.36. The highest BCUT2D eigenvalue weighted by atomic mass is 16.5. The van der Waals surface area contributed by atoms with Gasteiger partial charge in [0.05, 0.1) is 6.54 Å². The molecule has 1 aromatic carbocycles. The Kier molecular flexibility index (Phi) is 5.68. The lowest BCUT2D eigenvalue weighted by Gasteiger charge is -2.38. The van der Waals surface area contributed by atoms with Crippen molar-refractivity contribution >= 4 is 5.91 Å². The number of carbonyl (C=O) groups excluding carboxylic acids is 1. The van der Waals surface area contributed by atoms with Crippen molar-refractivity contribution in [2.75, 3.05) is 26.3 Å². The van der Waals surface area contributed by atoms with Crippen molar-refractivity contribution in [3.63, 3.8) is 0 Å². The van der Waals surface area contributed by atoms with Crippen LogP contribution in [0.3, 0.4) is 0 Å². The molecule has 1 saturated heterocycles. The number of amides is 1. The molecular formula is C19H23N3O4. The van der Waals surface area contributed by atoms with Crippen LogP contribution in [0.25, 0.3) is 0 Å². The van der Waals surface area contributed by atoms with E-state index in [1.165, 1.54) is 0 Å². The third kappa shape index (κ3) is 4.92. The van der Waals surface area contributed by atoms with E-state index in [1.807, 2.05) is 31.2 Å². The van der Waals surface area contributed by atoms with E-state index in [-0.39, 0.29) is 31.7 Å². The van der Waals surface area contributed by atoms with Crippen LogP contribution in [0.4, 0.5) is 0 Å². The van der Waals surface area contributed by atoms with Gasteiger partial charge in [-0.1, -0.05) is 17.7 Å². The van der Waals surface area contributed by atoms with E-state index in [1.54, 1.807) is 23.4 Å². The number of β-amino-alcohol motifs (C(OH)–C–C–N with tert-alkyl or cyclic N) is 1. The van der Waals surface area contributed by atoms with Gasteiger partial charge in [0.1, 0.15) is 18.0 Å². The minimum Gasteiger partial charge on any atom is -0.491 e. The normalized spacial score (nSPS) is 19.8. The highest BCUT2D eigenvalue weighted by molar-refractivity contribution is 5.77. The van der Waals surface area contributed by atoms with Crippen molar-refractivity contribution in [2.24, 2.45) is 0 Å². The molecule has 2 aromatic rings. The van der Waals surface area contributed by atoms with Gasteiger partial charge in [-0.2, -0.15) is 0 Å². The predicted molar refractivity (Wildman–Crippen MR) is 95.0 cm³/mol. The van der Waals surface area contributed by atoms with Gasteiger partial charge in [-0.05, 0) is 38.0 Å². The van der Waals surface area contributed by atoms with E-state index in [0.29, 0.717) is 25.1 Å². The Balaban J connectivity index is 1.52. The molecule has 0 bridgehead atoms. The zero-order valence-electron chi connectivity index (χ0n) is 14.8. The number of carbonyl (C=O) groups is 1. The second-order valence-corrected chi connectivity index (χ2v) is 6.56. The topological polar surface area (TPSA) is 84.8 Å². The number of nitrogens with zero attached hydrogens (tertiary/aromatic N) is 3. The molecule has 138 valence electrons. The Morgan fingerprint density at radius 3 is 2.69 bits per heavy atom. The number of aromatic nitrogens is 2. The number of hydrogen-bond donors (Lipinski definition) is 1. The number of aliphatic hydroxyl groups is 1. The van der Waals surface area contributed by atoms with Crippen molar-refractivity contribution in [1.29, 1.82) is 0 Å². The standard InChI is InChI=1S/C19H23N3O4/c1-15-4-6-16(7-5-15)26-14-19(24)8-2-11-22(13-19)17(23)12-25-18-20-9-3-10-21-18/h3-7,9-10,24H,2,8,11-14H2,1H3/t19-/m0/s1. The zero-order valence-corrected chi connectivity index (χ0v) is 14.8. The molecule has 0 radical (unpaired) electrons. The number of rotatable bonds is 6. The summed E-state index contributed by atoms with van der Waals surface area (Å²) in [6, 6.07) is 9.50. The molecule has 0 aliphatic carbocycles. The summed E-state index contributed by atoms with van der Waals surface area (Å²) in [5.74, 6) is 0.503. The van der Waals surface area contributed by atoms with Crippen LogP contribution in [0.2, 0.25) is 0 Å². The van der Waals surface area contributed by atoms with Gasteiger partial charge in [0.15, 0.2) is 6.61 Å². The first-order valence-electron chi connectivity index (χ1n) is 8.64. The van der Waals surface area contributed by atoms with Crippen LogP contribution in [-0.2, 0) is 4.79 Å². The van der Waals surface area contributed by atoms with E-state index >= 15 is 0 Å². The van der Waals surface area contributed by atoms with Gasteiger partial charge in [-0.15, -0.1) is 0 Å². The molecule has 1 fully saturated rings. The minimum atomic E-state index is -1.07. The first kappa shape index (κ1) is 18.1. The Morgan fingerprint density at radius 2 is 1.96 bits per heavy atom. The van der Waals surface area contributed by atoms with Gasteiger partial charge < -0.3 is 19.5 Å². The Morgan fingerprint density at radius 1 is 1.23 bits per heavy atom. The van der Waals surface area contributed by atoms with Gasteiger partial charge in [-0.25, -0.2) is 9.97 Å². The lowest BCUT2D eigenvalue weighted by molar-refractivity contribution is -0.142. The fraction of sp³-hybridized carbons (Fsp3) is 0.421. The molecule has 1 N–H and O–H groups in total. The zero-order chi connectivity index (χ0) is 18.4. The summed E-state index contributed by atoms with van der Waals surface area (Å²) in [4.78, 5) is 21.8. The van der Waals surface area contributed by atoms with Crippen LogP contribution >= 0.6 is 0 Å². The van der Waals surface area contributed by atoms with Crippen molar-refractivity contribution in [3.8, 4) is 11.8 Å². The second kappa shape index (κ2) is 8.14. The quantitative estimate of drug-likeness (QED) is 0.845. The number of hydrogen-bond acceptors (Lipinski definition) is 6. The molecule has 1 amide bonds. The lowest BCUT2D eigenvalue weighted by atomic mass is 9.93. The SMILES string of the molecule is Cc1ccc(OC[C@]2(O)CCCN(C(=O)COc3ncccn3)C2)cc1. The monoisotopic (exact) mass is 357 g/mol. The van der Waals surface area contributed by atoms with Crippen molar-refractivity contribution in [2.45, 2.75) is 25.4 Å². The first-order chi connectivity index (χ1) is 12.5. The third-order valence-corrected chi connectivity index (χ3v) is 4.30. The summed E-state index contributed by atoms with van der Waals surface area (Å²) in [6.07, 6.45) is 4.40. The van der Waals surface area contributed by atoms with Crippen molar-refractivity contribution in [1.82, 2.24) is 14.9 Å². The molecular weight excluding hydrogens is 334 g/mol. The Bertz CT molecular complexity index is 723. The smallest absolute Gasteiger partial charge is 0.316 e. The number of aryl methyl sites for hydroxylation is 1. The molecule has 1 atom stereocenters. The Hall–Kier alpha value is -2.67. The third-order valence-electron chi connectivity index (χ3n) is 4.30. The molecule has 0 unspecified atom stereocenters. The molecule has 1 aliphatic rings. The van der Waals surface area contributed by atoms with Crippen molar-refractivity contribution in [3.05, 3.63) is 48.3 Å². The van der Waals surface area contributed by atoms with E-state index in [4.69, 9.17) is 9.47 Å². The van der Waals surface area contributed by atoms with Gasteiger partial charge in [-0.3, -0.25) is 4.79 Å². The summed E-state index contributed by atoms with van der Waals surface area (Å²) in [6.45, 7) is 2.80. The fourth-order valence-corrected chi connectivity index (χ4v) is 2.87. The molecule has 1 aromatic heterocycles. The molecule has 1 aliphatic heterocycles. The fourth-order valence-electron chi connectivity index (χ4n) is 2.87. The summed E-state index contributed by atoms with van der Waals surface area (Å²) >= 11 is 0. The minimum absolute atomic E-state index is 0.141. The molecule has 7 heteroatoms. The summed E-state index contributed by atoms with van der Waals surface area (Å²) in [5, 5.41) is 10.8. The maximum atomic E-state index is 12.4. The highest BCUT2D eigenvalue weighted by Crippen LogP contribution is 2.23. The lowest BCUT2D eigenvalue weighted by Crippen LogP contribution is -2.54. The summed E-state index contributed by atoms with van der Waals surface area (Å²) in [5.41, 5.74) is 0.0788. The molecule has 3 rings (SSSR count).